The first-order valence-electron chi connectivity index (χ1n) is 7.20. The highest BCUT2D eigenvalue weighted by Crippen LogP contribution is 2.25. The Balaban J connectivity index is 2.07. The lowest BCUT2D eigenvalue weighted by molar-refractivity contribution is 0.0314. The van der Waals surface area contributed by atoms with Crippen molar-refractivity contribution in [2.75, 3.05) is 42.2 Å². The Morgan fingerprint density at radius 3 is 2.65 bits per heavy atom. The summed E-state index contributed by atoms with van der Waals surface area (Å²) in [7, 11) is 0. The zero-order valence-electron chi connectivity index (χ0n) is 12.5. The molecule has 1 fully saturated rings. The van der Waals surface area contributed by atoms with Gasteiger partial charge >= 0.3 is 0 Å². The summed E-state index contributed by atoms with van der Waals surface area (Å²) in [4.78, 5) is 14.8. The molecular weight excluding hydrogens is 256 g/mol. The molecule has 1 saturated heterocycles. The summed E-state index contributed by atoms with van der Waals surface area (Å²) in [5.41, 5.74) is 5.62. The molecular formula is C13H24N6O. The highest BCUT2D eigenvalue weighted by atomic mass is 16.5. The van der Waals surface area contributed by atoms with Crippen LogP contribution < -0.4 is 16.0 Å². The lowest BCUT2D eigenvalue weighted by atomic mass is 10.0. The maximum absolute atomic E-state index is 5.76. The molecule has 1 aliphatic heterocycles. The second kappa shape index (κ2) is 6.21. The van der Waals surface area contributed by atoms with Gasteiger partial charge in [-0.25, -0.2) is 0 Å². The average Bonchev–Trinajstić information content (AvgIpc) is 2.85. The van der Waals surface area contributed by atoms with E-state index in [4.69, 9.17) is 10.5 Å². The molecule has 0 aliphatic carbocycles. The number of aromatic nitrogens is 3. The molecule has 1 unspecified atom stereocenters. The van der Waals surface area contributed by atoms with E-state index in [0.29, 0.717) is 18.4 Å². The Morgan fingerprint density at radius 1 is 1.30 bits per heavy atom. The molecule has 0 bridgehead atoms. The molecule has 1 atom stereocenters. The Labute approximate surface area is 119 Å². The van der Waals surface area contributed by atoms with Crippen LogP contribution in [0.1, 0.15) is 33.6 Å². The van der Waals surface area contributed by atoms with E-state index in [9.17, 15) is 0 Å². The molecule has 7 nitrogen and oxygen atoms in total. The summed E-state index contributed by atoms with van der Waals surface area (Å²) in [5, 5.41) is 3.22. The van der Waals surface area contributed by atoms with Gasteiger partial charge in [0.05, 0.1) is 5.60 Å². The third-order valence-corrected chi connectivity index (χ3v) is 3.61. The highest BCUT2D eigenvalue weighted by Gasteiger charge is 2.29. The number of nitrogens with one attached hydrogen (secondary N) is 1. The van der Waals surface area contributed by atoms with E-state index in [1.54, 1.807) is 0 Å². The summed E-state index contributed by atoms with van der Waals surface area (Å²) in [6.07, 6.45) is 2.14. The number of nitrogens with zero attached hydrogens (tertiary/aromatic N) is 4. The monoisotopic (exact) mass is 280 g/mol. The van der Waals surface area contributed by atoms with E-state index in [2.05, 4.69) is 41.0 Å². The molecule has 20 heavy (non-hydrogen) atoms. The number of anilines is 3. The molecule has 1 aliphatic rings. The minimum absolute atomic E-state index is 0.142. The maximum atomic E-state index is 5.76. The van der Waals surface area contributed by atoms with Gasteiger partial charge in [0, 0.05) is 26.2 Å². The van der Waals surface area contributed by atoms with E-state index < -0.39 is 0 Å². The number of ether oxygens (including phenoxy) is 1. The molecule has 2 heterocycles. The van der Waals surface area contributed by atoms with Crippen LogP contribution in [-0.4, -0.2) is 46.8 Å². The maximum Gasteiger partial charge on any atom is 0.231 e. The van der Waals surface area contributed by atoms with Crippen LogP contribution >= 0.6 is 0 Å². The number of nitrogen functional groups attached to an aromatic ring is 1. The van der Waals surface area contributed by atoms with Gasteiger partial charge in [-0.3, -0.25) is 0 Å². The van der Waals surface area contributed by atoms with Crippen molar-refractivity contribution in [3.05, 3.63) is 0 Å². The molecule has 0 aromatic carbocycles. The van der Waals surface area contributed by atoms with Crippen molar-refractivity contribution in [2.24, 2.45) is 0 Å². The van der Waals surface area contributed by atoms with Crippen molar-refractivity contribution >= 4 is 17.8 Å². The summed E-state index contributed by atoms with van der Waals surface area (Å²) in [6.45, 7) is 9.38. The topological polar surface area (TPSA) is 89.2 Å². The number of hydrogen-bond acceptors (Lipinski definition) is 7. The second-order valence-electron chi connectivity index (χ2n) is 5.24. The van der Waals surface area contributed by atoms with Gasteiger partial charge in [0.2, 0.25) is 17.8 Å². The Bertz CT molecular complexity index is 442. The molecule has 0 amide bonds. The summed E-state index contributed by atoms with van der Waals surface area (Å²) < 4.78 is 5.74. The molecule has 2 rings (SSSR count). The van der Waals surface area contributed by atoms with Crippen molar-refractivity contribution in [1.29, 1.82) is 0 Å². The van der Waals surface area contributed by atoms with Crippen LogP contribution in [0.2, 0.25) is 0 Å². The molecule has 112 valence electrons. The molecule has 3 N–H and O–H groups in total. The molecule has 0 spiro atoms. The fourth-order valence-corrected chi connectivity index (χ4v) is 2.35. The van der Waals surface area contributed by atoms with Crippen molar-refractivity contribution in [1.82, 2.24) is 15.0 Å². The largest absolute Gasteiger partial charge is 0.373 e. The van der Waals surface area contributed by atoms with Crippen LogP contribution in [0.15, 0.2) is 0 Å². The minimum atomic E-state index is -0.142. The zero-order valence-corrected chi connectivity index (χ0v) is 12.5. The first kappa shape index (κ1) is 14.8. The van der Waals surface area contributed by atoms with Gasteiger partial charge in [-0.05, 0) is 33.6 Å². The van der Waals surface area contributed by atoms with Crippen LogP contribution in [0.25, 0.3) is 0 Å². The van der Waals surface area contributed by atoms with Gasteiger partial charge < -0.3 is 20.7 Å². The van der Waals surface area contributed by atoms with E-state index in [1.807, 2.05) is 4.90 Å². The van der Waals surface area contributed by atoms with Crippen molar-refractivity contribution < 1.29 is 4.74 Å². The molecule has 0 radical (unpaired) electrons. The van der Waals surface area contributed by atoms with Crippen LogP contribution in [0.5, 0.6) is 0 Å². The fourth-order valence-electron chi connectivity index (χ4n) is 2.35. The van der Waals surface area contributed by atoms with E-state index >= 15 is 0 Å². The molecule has 1 aromatic rings. The first-order chi connectivity index (χ1) is 9.56. The lowest BCUT2D eigenvalue weighted by Crippen LogP contribution is -2.33. The molecule has 7 heteroatoms. The fraction of sp³-hybridized carbons (Fsp3) is 0.769. The van der Waals surface area contributed by atoms with Gasteiger partial charge in [0.25, 0.3) is 0 Å². The third-order valence-electron chi connectivity index (χ3n) is 3.61. The predicted molar refractivity (Wildman–Crippen MR) is 79.9 cm³/mol. The van der Waals surface area contributed by atoms with Crippen LogP contribution in [0.4, 0.5) is 17.8 Å². The van der Waals surface area contributed by atoms with Crippen LogP contribution in [0, 0.1) is 0 Å². The first-order valence-corrected chi connectivity index (χ1v) is 7.20. The Hall–Kier alpha value is -1.63. The van der Waals surface area contributed by atoms with Crippen LogP contribution in [0.3, 0.4) is 0 Å². The second-order valence-corrected chi connectivity index (χ2v) is 5.24. The average molecular weight is 280 g/mol. The van der Waals surface area contributed by atoms with Gasteiger partial charge in [0.15, 0.2) is 0 Å². The summed E-state index contributed by atoms with van der Waals surface area (Å²) in [5.74, 6) is 1.36. The third kappa shape index (κ3) is 3.47. The summed E-state index contributed by atoms with van der Waals surface area (Å²) in [6, 6.07) is 0. The number of rotatable bonds is 6. The van der Waals surface area contributed by atoms with Crippen molar-refractivity contribution in [3.63, 3.8) is 0 Å². The van der Waals surface area contributed by atoms with Gasteiger partial charge in [-0.1, -0.05) is 0 Å². The quantitative estimate of drug-likeness (QED) is 0.811. The van der Waals surface area contributed by atoms with Crippen molar-refractivity contribution in [3.8, 4) is 0 Å². The van der Waals surface area contributed by atoms with Crippen molar-refractivity contribution in [2.45, 2.75) is 39.2 Å². The SMILES string of the molecule is CCN(CC)c1nc(N)nc(NCC2(C)CCCO2)n1. The number of hydrogen-bond donors (Lipinski definition) is 2. The normalized spacial score (nSPS) is 21.9. The van der Waals surface area contributed by atoms with E-state index in [0.717, 1.165) is 32.5 Å². The van der Waals surface area contributed by atoms with Gasteiger partial charge in [0.1, 0.15) is 0 Å². The molecule has 1 aromatic heterocycles. The summed E-state index contributed by atoms with van der Waals surface area (Å²) >= 11 is 0. The van der Waals surface area contributed by atoms with Gasteiger partial charge in [-0.15, -0.1) is 0 Å². The molecule has 0 saturated carbocycles. The number of nitrogens with two attached hydrogens (primary N) is 1. The van der Waals surface area contributed by atoms with Gasteiger partial charge in [-0.2, -0.15) is 15.0 Å². The van der Waals surface area contributed by atoms with Crippen LogP contribution in [-0.2, 0) is 4.74 Å². The predicted octanol–water partition coefficient (Wildman–Crippen LogP) is 1.28. The minimum Gasteiger partial charge on any atom is -0.373 e. The Kier molecular flexibility index (Phi) is 4.59. The lowest BCUT2D eigenvalue weighted by Gasteiger charge is -2.24. The zero-order chi connectivity index (χ0) is 14.6. The standard InChI is InChI=1S/C13H24N6O/c1-4-19(5-2)12-17-10(14)16-11(18-12)15-9-13(3)7-6-8-20-13/h4-9H2,1-3H3,(H3,14,15,16,17,18). The smallest absolute Gasteiger partial charge is 0.231 e. The van der Waals surface area contributed by atoms with E-state index in [1.165, 1.54) is 0 Å². The highest BCUT2D eigenvalue weighted by molar-refractivity contribution is 5.41. The van der Waals surface area contributed by atoms with E-state index in [-0.39, 0.29) is 11.5 Å². The Morgan fingerprint density at radius 2 is 2.05 bits per heavy atom.